The van der Waals surface area contributed by atoms with Gasteiger partial charge in [-0.2, -0.15) is 0 Å². The molecule has 0 atom stereocenters. The molecule has 0 amide bonds. The first kappa shape index (κ1) is 11.0. The molecule has 1 aromatic heterocycles. The molecule has 1 aliphatic heterocycles. The van der Waals surface area contributed by atoms with E-state index in [0.717, 1.165) is 0 Å². The zero-order chi connectivity index (χ0) is 12.1. The van der Waals surface area contributed by atoms with Gasteiger partial charge in [0.1, 0.15) is 4.88 Å². The monoisotopic (exact) mass is 263 g/mol. The van der Waals surface area contributed by atoms with E-state index in [9.17, 15) is 23.3 Å². The summed E-state index contributed by atoms with van der Waals surface area (Å²) in [6.45, 7) is 0. The Bertz CT molecular complexity index is 554. The number of thiophene rings is 1. The first-order chi connectivity index (χ1) is 7.32. The molecule has 1 aliphatic rings. The lowest BCUT2D eigenvalue weighted by atomic mass is 10.2. The minimum Gasteiger partial charge on any atom is -0.477 e. The lowest BCUT2D eigenvalue weighted by Gasteiger charge is -1.91. The van der Waals surface area contributed by atoms with E-state index in [0.29, 0.717) is 11.3 Å². The topological polar surface area (TPSA) is 115 Å². The van der Waals surface area contributed by atoms with Crippen LogP contribution in [-0.2, 0) is 21.3 Å². The summed E-state index contributed by atoms with van der Waals surface area (Å²) in [5.41, 5.74) is 0.108. The maximum absolute atomic E-state index is 11.3. The molecule has 0 aliphatic carbocycles. The van der Waals surface area contributed by atoms with Gasteiger partial charge in [-0.05, 0) is 0 Å². The first-order valence-corrected chi connectivity index (χ1v) is 6.68. The number of nitrogens with zero attached hydrogens (tertiary/aromatic N) is 1. The van der Waals surface area contributed by atoms with Crippen LogP contribution in [0.1, 0.15) is 20.8 Å². The Morgan fingerprint density at radius 1 is 1.38 bits per heavy atom. The fourth-order valence-corrected chi connectivity index (χ4v) is 4.38. The summed E-state index contributed by atoms with van der Waals surface area (Å²) in [5.74, 6) is -2.19. The van der Waals surface area contributed by atoms with E-state index >= 15 is 0 Å². The van der Waals surface area contributed by atoms with Gasteiger partial charge in [0.05, 0.1) is 22.0 Å². The number of nitro groups is 1. The van der Waals surface area contributed by atoms with Gasteiger partial charge in [0, 0.05) is 5.56 Å². The summed E-state index contributed by atoms with van der Waals surface area (Å²) in [6, 6.07) is 0. The molecule has 9 heteroatoms. The van der Waals surface area contributed by atoms with Crippen LogP contribution in [0.4, 0.5) is 5.00 Å². The molecule has 0 spiro atoms. The van der Waals surface area contributed by atoms with Crippen molar-refractivity contribution in [2.45, 2.75) is 11.5 Å². The van der Waals surface area contributed by atoms with Crippen LogP contribution in [0.15, 0.2) is 0 Å². The van der Waals surface area contributed by atoms with E-state index < -0.39 is 32.2 Å². The number of carboxylic acids is 1. The standard InChI is InChI=1S/C7H5NO6S2/c9-7(10)5-3-1-16(13,14)2-4(3)6(15-5)8(11)12/h1-2H2,(H,9,10). The second-order valence-electron chi connectivity index (χ2n) is 3.29. The molecular formula is C7H5NO6S2. The third-order valence-corrected chi connectivity index (χ3v) is 4.85. The molecule has 1 N–H and O–H groups in total. The van der Waals surface area contributed by atoms with Gasteiger partial charge in [-0.15, -0.1) is 0 Å². The summed E-state index contributed by atoms with van der Waals surface area (Å²) < 4.78 is 22.6. The highest BCUT2D eigenvalue weighted by molar-refractivity contribution is 7.90. The molecule has 0 fully saturated rings. The molecule has 0 bridgehead atoms. The van der Waals surface area contributed by atoms with Crippen molar-refractivity contribution in [3.05, 3.63) is 26.1 Å². The predicted octanol–water partition coefficient (Wildman–Crippen LogP) is 0.783. The van der Waals surface area contributed by atoms with Gasteiger partial charge in [-0.1, -0.05) is 11.3 Å². The van der Waals surface area contributed by atoms with Crippen molar-refractivity contribution in [3.8, 4) is 0 Å². The van der Waals surface area contributed by atoms with Gasteiger partial charge in [0.25, 0.3) is 0 Å². The number of hydrogen-bond acceptors (Lipinski definition) is 6. The van der Waals surface area contributed by atoms with Crippen LogP contribution in [0.3, 0.4) is 0 Å². The highest BCUT2D eigenvalue weighted by atomic mass is 32.2. The van der Waals surface area contributed by atoms with Crippen LogP contribution in [0.2, 0.25) is 0 Å². The van der Waals surface area contributed by atoms with Gasteiger partial charge in [-0.3, -0.25) is 10.1 Å². The van der Waals surface area contributed by atoms with Crippen LogP contribution < -0.4 is 0 Å². The van der Waals surface area contributed by atoms with Crippen LogP contribution >= 0.6 is 11.3 Å². The lowest BCUT2D eigenvalue weighted by molar-refractivity contribution is -0.380. The third kappa shape index (κ3) is 1.57. The fraction of sp³-hybridized carbons (Fsp3) is 0.286. The van der Waals surface area contributed by atoms with E-state index in [4.69, 9.17) is 5.11 Å². The number of fused-ring (bicyclic) bond motifs is 1. The zero-order valence-electron chi connectivity index (χ0n) is 7.67. The summed E-state index contributed by atoms with van der Waals surface area (Å²) >= 11 is 0.516. The van der Waals surface area contributed by atoms with Crippen LogP contribution in [0.5, 0.6) is 0 Å². The maximum Gasteiger partial charge on any atom is 0.346 e. The zero-order valence-corrected chi connectivity index (χ0v) is 9.30. The quantitative estimate of drug-likeness (QED) is 0.622. The third-order valence-electron chi connectivity index (χ3n) is 2.18. The average Bonchev–Trinajstić information content (AvgIpc) is 2.56. The molecule has 86 valence electrons. The Morgan fingerprint density at radius 3 is 2.44 bits per heavy atom. The van der Waals surface area contributed by atoms with Crippen LogP contribution in [0, 0.1) is 10.1 Å². The molecule has 7 nitrogen and oxygen atoms in total. The molecule has 0 saturated carbocycles. The number of carbonyl (C=O) groups is 1. The normalized spacial score (nSPS) is 17.0. The summed E-state index contributed by atoms with van der Waals surface area (Å²) in [6.07, 6.45) is 0. The SMILES string of the molecule is O=C(O)c1sc([N+](=O)[O-])c2c1CS(=O)(=O)C2. The molecule has 2 rings (SSSR count). The van der Waals surface area contributed by atoms with Crippen LogP contribution in [-0.4, -0.2) is 24.4 Å². The number of aromatic carboxylic acids is 1. The first-order valence-electron chi connectivity index (χ1n) is 4.04. The number of hydrogen-bond donors (Lipinski definition) is 1. The highest BCUT2D eigenvalue weighted by Gasteiger charge is 2.38. The average molecular weight is 263 g/mol. The van der Waals surface area contributed by atoms with E-state index in [2.05, 4.69) is 0 Å². The summed E-state index contributed by atoms with van der Waals surface area (Å²) in [5, 5.41) is 19.1. The highest BCUT2D eigenvalue weighted by Crippen LogP contribution is 2.41. The smallest absolute Gasteiger partial charge is 0.346 e. The fourth-order valence-electron chi connectivity index (χ4n) is 1.60. The van der Waals surface area contributed by atoms with Gasteiger partial charge in [0.2, 0.25) is 0 Å². The van der Waals surface area contributed by atoms with Gasteiger partial charge >= 0.3 is 11.0 Å². The molecule has 1 aromatic rings. The Hall–Kier alpha value is -1.48. The van der Waals surface area contributed by atoms with Crippen molar-refractivity contribution in [1.82, 2.24) is 0 Å². The van der Waals surface area contributed by atoms with Gasteiger partial charge < -0.3 is 5.11 Å². The van der Waals surface area contributed by atoms with E-state index in [1.165, 1.54) is 0 Å². The molecular weight excluding hydrogens is 258 g/mol. The molecule has 16 heavy (non-hydrogen) atoms. The Kier molecular flexibility index (Phi) is 2.24. The minimum absolute atomic E-state index is 0.0346. The molecule has 0 saturated heterocycles. The van der Waals surface area contributed by atoms with Gasteiger partial charge in [-0.25, -0.2) is 13.2 Å². The largest absolute Gasteiger partial charge is 0.477 e. The molecule has 0 aromatic carbocycles. The van der Waals surface area contributed by atoms with E-state index in [1.807, 2.05) is 0 Å². The minimum atomic E-state index is -3.44. The lowest BCUT2D eigenvalue weighted by Crippen LogP contribution is -2.00. The summed E-state index contributed by atoms with van der Waals surface area (Å²) in [4.78, 5) is 20.4. The molecule has 2 heterocycles. The van der Waals surface area contributed by atoms with Crippen molar-refractivity contribution in [1.29, 1.82) is 0 Å². The van der Waals surface area contributed by atoms with Crippen molar-refractivity contribution in [2.24, 2.45) is 0 Å². The Balaban J connectivity index is 2.68. The van der Waals surface area contributed by atoms with E-state index in [-0.39, 0.29) is 21.0 Å². The second-order valence-corrected chi connectivity index (χ2v) is 6.35. The summed E-state index contributed by atoms with van der Waals surface area (Å²) in [7, 11) is -3.44. The molecule has 0 unspecified atom stereocenters. The molecule has 0 radical (unpaired) electrons. The van der Waals surface area contributed by atoms with Crippen molar-refractivity contribution in [2.75, 3.05) is 0 Å². The number of rotatable bonds is 2. The number of carboxylic acid groups (broad SMARTS) is 1. The van der Waals surface area contributed by atoms with Gasteiger partial charge in [0.15, 0.2) is 9.84 Å². The number of sulfone groups is 1. The Morgan fingerprint density at radius 2 is 1.94 bits per heavy atom. The Labute approximate surface area is 93.4 Å². The van der Waals surface area contributed by atoms with Crippen LogP contribution in [0.25, 0.3) is 0 Å². The predicted molar refractivity (Wildman–Crippen MR) is 54.3 cm³/mol. The van der Waals surface area contributed by atoms with Crippen molar-refractivity contribution < 1.29 is 23.2 Å². The van der Waals surface area contributed by atoms with Crippen molar-refractivity contribution >= 4 is 32.1 Å². The second kappa shape index (κ2) is 3.25. The maximum atomic E-state index is 11.3. The van der Waals surface area contributed by atoms with Crippen molar-refractivity contribution in [3.63, 3.8) is 0 Å². The van der Waals surface area contributed by atoms with E-state index in [1.54, 1.807) is 0 Å².